The van der Waals surface area contributed by atoms with Gasteiger partial charge >= 0.3 is 5.69 Å². The molecule has 0 fully saturated rings. The highest BCUT2D eigenvalue weighted by Crippen LogP contribution is 2.24. The number of aryl methyl sites for hydroxylation is 2. The van der Waals surface area contributed by atoms with Gasteiger partial charge in [0.2, 0.25) is 5.88 Å². The number of rotatable bonds is 4. The van der Waals surface area contributed by atoms with Gasteiger partial charge in [0.25, 0.3) is 0 Å². The van der Waals surface area contributed by atoms with Crippen LogP contribution >= 0.6 is 27.5 Å². The zero-order valence-electron chi connectivity index (χ0n) is 12.9. The van der Waals surface area contributed by atoms with Gasteiger partial charge in [-0.3, -0.25) is 0 Å². The maximum absolute atomic E-state index is 12.1. The van der Waals surface area contributed by atoms with Crippen LogP contribution in [0.4, 0.5) is 0 Å². The molecule has 0 bridgehead atoms. The maximum Gasteiger partial charge on any atom is 0.368 e. The van der Waals surface area contributed by atoms with Gasteiger partial charge in [0.1, 0.15) is 6.61 Å². The molecular formula is C15H13BrClN5O2. The van der Waals surface area contributed by atoms with Crippen molar-refractivity contribution in [3.05, 3.63) is 61.6 Å². The van der Waals surface area contributed by atoms with Crippen LogP contribution in [0, 0.1) is 6.92 Å². The molecule has 0 aliphatic carbocycles. The molecule has 0 unspecified atom stereocenters. The number of tetrazole rings is 1. The number of hydrogen-bond donors (Lipinski definition) is 0. The third-order valence-corrected chi connectivity index (χ3v) is 4.60. The van der Waals surface area contributed by atoms with Gasteiger partial charge in [-0.25, -0.2) is 9.78 Å². The number of pyridine rings is 1. The summed E-state index contributed by atoms with van der Waals surface area (Å²) in [6.45, 7) is 2.02. The van der Waals surface area contributed by atoms with E-state index in [0.29, 0.717) is 22.2 Å². The smallest absolute Gasteiger partial charge is 0.368 e. The van der Waals surface area contributed by atoms with Crippen molar-refractivity contribution in [2.24, 2.45) is 7.05 Å². The molecule has 7 nitrogen and oxygen atoms in total. The molecule has 3 rings (SSSR count). The first-order valence-corrected chi connectivity index (χ1v) is 8.17. The van der Waals surface area contributed by atoms with Crippen molar-refractivity contribution < 1.29 is 4.74 Å². The molecule has 24 heavy (non-hydrogen) atoms. The molecule has 0 amide bonds. The zero-order chi connectivity index (χ0) is 17.3. The van der Waals surface area contributed by atoms with E-state index in [4.69, 9.17) is 16.3 Å². The lowest BCUT2D eigenvalue weighted by atomic mass is 10.2. The van der Waals surface area contributed by atoms with Crippen LogP contribution in [0.15, 0.2) is 39.6 Å². The van der Waals surface area contributed by atoms with Crippen LogP contribution in [0.3, 0.4) is 0 Å². The van der Waals surface area contributed by atoms with Gasteiger partial charge in [0, 0.05) is 28.2 Å². The Bertz CT molecular complexity index is 953. The van der Waals surface area contributed by atoms with Gasteiger partial charge in [0.05, 0.1) is 11.4 Å². The molecule has 2 aromatic heterocycles. The summed E-state index contributed by atoms with van der Waals surface area (Å²) < 4.78 is 8.96. The normalized spacial score (nSPS) is 10.8. The van der Waals surface area contributed by atoms with E-state index in [1.807, 2.05) is 13.0 Å². The molecule has 0 radical (unpaired) electrons. The van der Waals surface area contributed by atoms with Gasteiger partial charge < -0.3 is 4.74 Å². The van der Waals surface area contributed by atoms with Crippen molar-refractivity contribution >= 4 is 27.5 Å². The zero-order valence-corrected chi connectivity index (χ0v) is 15.2. The SMILES string of the molecule is Cc1nc(OCc2c(Cl)cccc2-n2nnn(C)c2=O)ccc1Br. The molecule has 0 aliphatic rings. The molecule has 2 heterocycles. The standard InChI is InChI=1S/C15H13BrClN5O2/c1-9-11(16)6-7-14(18-9)24-8-10-12(17)4-3-5-13(10)22-15(23)21(2)19-20-22/h3-7H,8H2,1-2H3. The third-order valence-electron chi connectivity index (χ3n) is 3.40. The second-order valence-electron chi connectivity index (χ2n) is 5.04. The number of benzene rings is 1. The predicted octanol–water partition coefficient (Wildman–Crippen LogP) is 2.66. The van der Waals surface area contributed by atoms with E-state index in [1.165, 1.54) is 11.7 Å². The second-order valence-corrected chi connectivity index (χ2v) is 6.30. The van der Waals surface area contributed by atoms with Gasteiger partial charge in [-0.2, -0.15) is 9.36 Å². The van der Waals surface area contributed by atoms with Crippen LogP contribution in [0.25, 0.3) is 5.69 Å². The topological polar surface area (TPSA) is 74.8 Å². The highest BCUT2D eigenvalue weighted by Gasteiger charge is 2.14. The van der Waals surface area contributed by atoms with Gasteiger partial charge in [-0.05, 0) is 51.5 Å². The van der Waals surface area contributed by atoms with Crippen molar-refractivity contribution in [2.75, 3.05) is 0 Å². The maximum atomic E-state index is 12.1. The number of hydrogen-bond acceptors (Lipinski definition) is 5. The summed E-state index contributed by atoms with van der Waals surface area (Å²) in [7, 11) is 1.53. The molecule has 1 aromatic carbocycles. The first-order chi connectivity index (χ1) is 11.5. The van der Waals surface area contributed by atoms with Crippen LogP contribution in [-0.4, -0.2) is 24.8 Å². The fourth-order valence-corrected chi connectivity index (χ4v) is 2.55. The Morgan fingerprint density at radius 2 is 2.04 bits per heavy atom. The van der Waals surface area contributed by atoms with E-state index < -0.39 is 0 Å². The van der Waals surface area contributed by atoms with Crippen molar-refractivity contribution in [1.29, 1.82) is 0 Å². The van der Waals surface area contributed by atoms with Crippen LogP contribution in [0.1, 0.15) is 11.3 Å². The van der Waals surface area contributed by atoms with E-state index in [2.05, 4.69) is 31.3 Å². The van der Waals surface area contributed by atoms with Crippen LogP contribution < -0.4 is 10.4 Å². The number of aromatic nitrogens is 5. The average Bonchev–Trinajstić information content (AvgIpc) is 2.89. The van der Waals surface area contributed by atoms with E-state index in [9.17, 15) is 4.79 Å². The second kappa shape index (κ2) is 6.74. The van der Waals surface area contributed by atoms with Gasteiger partial charge in [-0.15, -0.1) is 0 Å². The summed E-state index contributed by atoms with van der Waals surface area (Å²) in [6.07, 6.45) is 0. The Hall–Kier alpha value is -2.19. The quantitative estimate of drug-likeness (QED) is 0.661. The Balaban J connectivity index is 1.94. The molecular weight excluding hydrogens is 398 g/mol. The van der Waals surface area contributed by atoms with Crippen LogP contribution in [-0.2, 0) is 13.7 Å². The van der Waals surface area contributed by atoms with E-state index in [1.54, 1.807) is 24.3 Å². The van der Waals surface area contributed by atoms with Crippen molar-refractivity contribution in [3.63, 3.8) is 0 Å². The van der Waals surface area contributed by atoms with Crippen LogP contribution in [0.5, 0.6) is 5.88 Å². The molecule has 0 saturated carbocycles. The molecule has 0 aliphatic heterocycles. The summed E-state index contributed by atoms with van der Waals surface area (Å²) in [5.41, 5.74) is 1.60. The Morgan fingerprint density at radius 3 is 2.71 bits per heavy atom. The Kier molecular flexibility index (Phi) is 4.68. The highest BCUT2D eigenvalue weighted by molar-refractivity contribution is 9.10. The van der Waals surface area contributed by atoms with E-state index in [0.717, 1.165) is 14.8 Å². The molecule has 0 saturated heterocycles. The van der Waals surface area contributed by atoms with Gasteiger partial charge in [-0.1, -0.05) is 17.7 Å². The number of ether oxygens (including phenoxy) is 1. The first kappa shape index (κ1) is 16.7. The summed E-state index contributed by atoms with van der Waals surface area (Å²) in [5.74, 6) is 0.466. The Morgan fingerprint density at radius 1 is 1.25 bits per heavy atom. The van der Waals surface area contributed by atoms with E-state index in [-0.39, 0.29) is 12.3 Å². The minimum Gasteiger partial charge on any atom is -0.473 e. The highest BCUT2D eigenvalue weighted by atomic mass is 79.9. The average molecular weight is 411 g/mol. The summed E-state index contributed by atoms with van der Waals surface area (Å²) in [4.78, 5) is 16.4. The lowest BCUT2D eigenvalue weighted by molar-refractivity contribution is 0.292. The Labute approximate surface area is 150 Å². The van der Waals surface area contributed by atoms with Crippen molar-refractivity contribution in [3.8, 4) is 11.6 Å². The number of nitrogens with zero attached hydrogens (tertiary/aromatic N) is 5. The molecule has 124 valence electrons. The molecule has 0 N–H and O–H groups in total. The summed E-state index contributed by atoms with van der Waals surface area (Å²) in [5, 5.41) is 8.04. The third kappa shape index (κ3) is 3.20. The molecule has 0 spiro atoms. The molecule has 9 heteroatoms. The largest absolute Gasteiger partial charge is 0.473 e. The summed E-state index contributed by atoms with van der Waals surface area (Å²) >= 11 is 9.68. The lowest BCUT2D eigenvalue weighted by Crippen LogP contribution is -2.23. The van der Waals surface area contributed by atoms with Crippen LogP contribution in [0.2, 0.25) is 5.02 Å². The minimum absolute atomic E-state index is 0.145. The summed E-state index contributed by atoms with van der Waals surface area (Å²) in [6, 6.07) is 8.82. The first-order valence-electron chi connectivity index (χ1n) is 7.00. The van der Waals surface area contributed by atoms with Crippen molar-refractivity contribution in [1.82, 2.24) is 24.8 Å². The monoisotopic (exact) mass is 409 g/mol. The van der Waals surface area contributed by atoms with Gasteiger partial charge in [0.15, 0.2) is 0 Å². The minimum atomic E-state index is -0.365. The molecule has 0 atom stereocenters. The van der Waals surface area contributed by atoms with Crippen molar-refractivity contribution in [2.45, 2.75) is 13.5 Å². The van der Waals surface area contributed by atoms with E-state index >= 15 is 0 Å². The predicted molar refractivity (Wildman–Crippen MR) is 92.6 cm³/mol. The number of halogens is 2. The lowest BCUT2D eigenvalue weighted by Gasteiger charge is -2.12. The fourth-order valence-electron chi connectivity index (χ4n) is 2.10. The molecule has 3 aromatic rings. The fraction of sp³-hybridized carbons (Fsp3) is 0.200.